The van der Waals surface area contributed by atoms with E-state index in [9.17, 15) is 0 Å². The molecule has 2 heterocycles. The van der Waals surface area contributed by atoms with Crippen molar-refractivity contribution in [3.8, 4) is 0 Å². The largest absolute Gasteiger partial charge is 0.248 e. The minimum atomic E-state index is 0.916. The highest BCUT2D eigenvalue weighted by Crippen LogP contribution is 2.34. The molecule has 0 bridgehead atoms. The van der Waals surface area contributed by atoms with Gasteiger partial charge in [0, 0.05) is 6.20 Å². The Morgan fingerprint density at radius 2 is 2.13 bits per heavy atom. The topological polar surface area (TPSA) is 38.7 Å². The maximum Gasteiger partial charge on any atom is 0.181 e. The second-order valence-corrected chi connectivity index (χ2v) is 6.55. The molecule has 0 amide bonds. The Morgan fingerprint density at radius 1 is 1.33 bits per heavy atom. The first-order valence-electron chi connectivity index (χ1n) is 3.95. The summed E-state index contributed by atoms with van der Waals surface area (Å²) in [6.45, 7) is 0. The molecule has 7 heteroatoms. The molecular weight excluding hydrogens is 314 g/mol. The monoisotopic (exact) mass is 319 g/mol. The van der Waals surface area contributed by atoms with Crippen molar-refractivity contribution in [3.63, 3.8) is 0 Å². The quantitative estimate of drug-likeness (QED) is 0.809. The zero-order valence-corrected chi connectivity index (χ0v) is 11.7. The third kappa shape index (κ3) is 2.93. The van der Waals surface area contributed by atoms with Crippen LogP contribution in [-0.4, -0.2) is 21.4 Å². The van der Waals surface area contributed by atoms with Gasteiger partial charge in [0.1, 0.15) is 5.03 Å². The molecule has 3 nitrogen and oxygen atoms in total. The van der Waals surface area contributed by atoms with Crippen molar-refractivity contribution in [2.24, 2.45) is 0 Å². The van der Waals surface area contributed by atoms with E-state index in [-0.39, 0.29) is 0 Å². The predicted octanol–water partition coefficient (Wildman–Crippen LogP) is 3.57. The average molecular weight is 320 g/mol. The Morgan fingerprint density at radius 3 is 2.80 bits per heavy atom. The van der Waals surface area contributed by atoms with Crippen LogP contribution in [0.1, 0.15) is 0 Å². The van der Waals surface area contributed by atoms with Crippen LogP contribution in [0.3, 0.4) is 0 Å². The van der Waals surface area contributed by atoms with Crippen molar-refractivity contribution in [3.05, 3.63) is 22.8 Å². The van der Waals surface area contributed by atoms with E-state index in [0.717, 1.165) is 18.2 Å². The van der Waals surface area contributed by atoms with Gasteiger partial charge >= 0.3 is 0 Å². The summed E-state index contributed by atoms with van der Waals surface area (Å²) in [6, 6.07) is 3.85. The van der Waals surface area contributed by atoms with E-state index in [1.54, 1.807) is 29.3 Å². The maximum absolute atomic E-state index is 4.26. The summed E-state index contributed by atoms with van der Waals surface area (Å²) < 4.78 is 2.87. The predicted molar refractivity (Wildman–Crippen MR) is 67.8 cm³/mol. The fraction of sp³-hybridized carbons (Fsp3) is 0.125. The van der Waals surface area contributed by atoms with Crippen molar-refractivity contribution in [2.45, 2.75) is 13.7 Å². The van der Waals surface area contributed by atoms with Crippen molar-refractivity contribution in [2.75, 3.05) is 6.26 Å². The molecule has 0 spiro atoms. The normalized spacial score (nSPS) is 10.5. The van der Waals surface area contributed by atoms with Crippen LogP contribution in [-0.2, 0) is 0 Å². The third-order valence-electron chi connectivity index (χ3n) is 1.47. The van der Waals surface area contributed by atoms with Gasteiger partial charge in [0.2, 0.25) is 0 Å². The highest BCUT2D eigenvalue weighted by Gasteiger charge is 2.08. The molecule has 2 aromatic heterocycles. The Bertz CT molecular complexity index is 460. The van der Waals surface area contributed by atoms with Gasteiger partial charge in [-0.2, -0.15) is 0 Å². The number of hydrogen-bond acceptors (Lipinski definition) is 6. The summed E-state index contributed by atoms with van der Waals surface area (Å²) in [5.74, 6) is 0. The molecular formula is C8H6BrN3S3. The van der Waals surface area contributed by atoms with Gasteiger partial charge in [0.15, 0.2) is 8.68 Å². The van der Waals surface area contributed by atoms with Crippen LogP contribution in [0.5, 0.6) is 0 Å². The second-order valence-electron chi connectivity index (χ2n) is 2.43. The van der Waals surface area contributed by atoms with Gasteiger partial charge in [-0.05, 0) is 46.1 Å². The molecule has 2 aromatic rings. The maximum atomic E-state index is 4.26. The summed E-state index contributed by atoms with van der Waals surface area (Å²) in [4.78, 5) is 4.26. The fourth-order valence-electron chi connectivity index (χ4n) is 0.850. The van der Waals surface area contributed by atoms with Gasteiger partial charge in [-0.1, -0.05) is 23.1 Å². The van der Waals surface area contributed by atoms with E-state index in [1.807, 2.05) is 18.4 Å². The van der Waals surface area contributed by atoms with Gasteiger partial charge < -0.3 is 0 Å². The van der Waals surface area contributed by atoms with Gasteiger partial charge in [0.25, 0.3) is 0 Å². The van der Waals surface area contributed by atoms with Crippen LogP contribution in [0.25, 0.3) is 0 Å². The number of halogens is 1. The summed E-state index contributed by atoms with van der Waals surface area (Å²) in [7, 11) is 0. The van der Waals surface area contributed by atoms with Crippen molar-refractivity contribution in [1.82, 2.24) is 15.2 Å². The van der Waals surface area contributed by atoms with Crippen LogP contribution in [0.15, 0.2) is 36.5 Å². The molecule has 0 N–H and O–H groups in total. The van der Waals surface area contributed by atoms with Gasteiger partial charge in [-0.25, -0.2) is 4.98 Å². The lowest BCUT2D eigenvalue weighted by atomic mass is 10.5. The SMILES string of the molecule is CSc1nnc(Sc2ncccc2Br)s1. The van der Waals surface area contributed by atoms with Crippen LogP contribution in [0, 0.1) is 0 Å². The number of aromatic nitrogens is 3. The first-order valence-corrected chi connectivity index (χ1v) is 7.60. The van der Waals surface area contributed by atoms with E-state index >= 15 is 0 Å². The van der Waals surface area contributed by atoms with E-state index < -0.39 is 0 Å². The first-order chi connectivity index (χ1) is 7.29. The average Bonchev–Trinajstić information content (AvgIpc) is 2.69. The summed E-state index contributed by atoms with van der Waals surface area (Å²) in [5.41, 5.74) is 0. The van der Waals surface area contributed by atoms with Crippen LogP contribution >= 0.6 is 50.8 Å². The summed E-state index contributed by atoms with van der Waals surface area (Å²) in [6.07, 6.45) is 3.76. The highest BCUT2D eigenvalue weighted by atomic mass is 79.9. The lowest BCUT2D eigenvalue weighted by molar-refractivity contribution is 0.953. The van der Waals surface area contributed by atoms with E-state index in [0.29, 0.717) is 0 Å². The van der Waals surface area contributed by atoms with Gasteiger partial charge in [-0.15, -0.1) is 10.2 Å². The molecule has 0 unspecified atom stereocenters. The van der Waals surface area contributed by atoms with Gasteiger partial charge in [0.05, 0.1) is 4.47 Å². The molecule has 0 saturated heterocycles. The van der Waals surface area contributed by atoms with E-state index in [1.165, 1.54) is 11.8 Å². The lowest BCUT2D eigenvalue weighted by Crippen LogP contribution is -1.80. The fourth-order valence-corrected chi connectivity index (χ4v) is 3.68. The molecule has 2 rings (SSSR count). The molecule has 15 heavy (non-hydrogen) atoms. The Labute approximate surface area is 108 Å². The standard InChI is InChI=1S/C8H6BrN3S3/c1-13-7-11-12-8(15-7)14-6-5(9)3-2-4-10-6/h2-4H,1H3. The molecule has 0 aliphatic rings. The lowest BCUT2D eigenvalue weighted by Gasteiger charge is -1.97. The highest BCUT2D eigenvalue weighted by molar-refractivity contribution is 9.10. The van der Waals surface area contributed by atoms with Gasteiger partial charge in [-0.3, -0.25) is 0 Å². The Balaban J connectivity index is 2.18. The molecule has 0 fully saturated rings. The number of pyridine rings is 1. The van der Waals surface area contributed by atoms with Crippen molar-refractivity contribution in [1.29, 1.82) is 0 Å². The zero-order chi connectivity index (χ0) is 10.7. The molecule has 0 radical (unpaired) electrons. The molecule has 0 aromatic carbocycles. The molecule has 0 aliphatic carbocycles. The smallest absolute Gasteiger partial charge is 0.181 e. The zero-order valence-electron chi connectivity index (χ0n) is 7.68. The van der Waals surface area contributed by atoms with Crippen molar-refractivity contribution < 1.29 is 0 Å². The first kappa shape index (κ1) is 11.4. The summed E-state index contributed by atoms with van der Waals surface area (Å²) in [5, 5.41) is 9.02. The molecule has 0 atom stereocenters. The molecule has 78 valence electrons. The number of hydrogen-bond donors (Lipinski definition) is 0. The number of rotatable bonds is 3. The number of nitrogens with zero attached hydrogens (tertiary/aromatic N) is 3. The van der Waals surface area contributed by atoms with E-state index in [4.69, 9.17) is 0 Å². The molecule has 0 aliphatic heterocycles. The third-order valence-corrected chi connectivity index (χ3v) is 5.34. The van der Waals surface area contributed by atoms with E-state index in [2.05, 4.69) is 31.1 Å². The minimum absolute atomic E-state index is 0.916. The Hall–Kier alpha value is -0.110. The van der Waals surface area contributed by atoms with Crippen LogP contribution in [0.4, 0.5) is 0 Å². The van der Waals surface area contributed by atoms with Crippen LogP contribution < -0.4 is 0 Å². The Kier molecular flexibility index (Phi) is 4.01. The van der Waals surface area contributed by atoms with Crippen molar-refractivity contribution >= 4 is 50.8 Å². The number of thioether (sulfide) groups is 1. The minimum Gasteiger partial charge on any atom is -0.248 e. The summed E-state index contributed by atoms with van der Waals surface area (Å²) >= 11 is 8.15. The second kappa shape index (κ2) is 5.29. The molecule has 0 saturated carbocycles. The van der Waals surface area contributed by atoms with Crippen LogP contribution in [0.2, 0.25) is 0 Å².